The third-order valence-corrected chi connectivity index (χ3v) is 5.49. The second-order valence-electron chi connectivity index (χ2n) is 7.77. The van der Waals surface area contributed by atoms with Gasteiger partial charge in [-0.3, -0.25) is 9.59 Å². The topological polar surface area (TPSA) is 113 Å². The molecular weight excluding hydrogens is 467 g/mol. The number of hydrogen-bond donors (Lipinski definition) is 3. The van der Waals surface area contributed by atoms with E-state index in [-0.39, 0.29) is 17.9 Å². The molecular formula is C25H18F3NO6. The summed E-state index contributed by atoms with van der Waals surface area (Å²) in [6.45, 7) is 2.10. The molecule has 0 heterocycles. The summed E-state index contributed by atoms with van der Waals surface area (Å²) in [4.78, 5) is 37.9. The van der Waals surface area contributed by atoms with E-state index in [4.69, 9.17) is 4.74 Å². The van der Waals surface area contributed by atoms with Gasteiger partial charge in [-0.05, 0) is 36.8 Å². The van der Waals surface area contributed by atoms with E-state index in [1.807, 2.05) is 6.92 Å². The molecule has 3 N–H and O–H groups in total. The summed E-state index contributed by atoms with van der Waals surface area (Å²) in [5.41, 5.74) is -4.82. The van der Waals surface area contributed by atoms with Crippen molar-refractivity contribution in [3.63, 3.8) is 0 Å². The Morgan fingerprint density at radius 1 is 0.886 bits per heavy atom. The van der Waals surface area contributed by atoms with Crippen molar-refractivity contribution in [2.45, 2.75) is 19.8 Å². The minimum Gasteiger partial charge on any atom is -0.507 e. The second-order valence-corrected chi connectivity index (χ2v) is 7.77. The number of esters is 1. The summed E-state index contributed by atoms with van der Waals surface area (Å²) in [7, 11) is 0. The lowest BCUT2D eigenvalue weighted by Gasteiger charge is -2.22. The summed E-state index contributed by atoms with van der Waals surface area (Å²) in [5.74, 6) is -10.0. The highest BCUT2D eigenvalue weighted by atomic mass is 19.2. The third kappa shape index (κ3) is 3.96. The van der Waals surface area contributed by atoms with Crippen LogP contribution >= 0.6 is 0 Å². The van der Waals surface area contributed by atoms with Crippen molar-refractivity contribution in [1.82, 2.24) is 0 Å². The number of carbonyl (C=O) groups excluding carboxylic acids is 3. The lowest BCUT2D eigenvalue weighted by molar-refractivity contribution is 0.0499. The van der Waals surface area contributed by atoms with Gasteiger partial charge in [0.2, 0.25) is 11.6 Å². The van der Waals surface area contributed by atoms with Gasteiger partial charge in [0.05, 0.1) is 34.4 Å². The molecule has 0 bridgehead atoms. The Balaban J connectivity index is 1.78. The van der Waals surface area contributed by atoms with Gasteiger partial charge in [0, 0.05) is 5.69 Å². The summed E-state index contributed by atoms with van der Waals surface area (Å²) in [5, 5.41) is 22.3. The molecule has 35 heavy (non-hydrogen) atoms. The Labute approximate surface area is 196 Å². The van der Waals surface area contributed by atoms with Crippen LogP contribution in [0.2, 0.25) is 0 Å². The summed E-state index contributed by atoms with van der Waals surface area (Å²) >= 11 is 0. The Morgan fingerprint density at radius 2 is 1.49 bits per heavy atom. The van der Waals surface area contributed by atoms with Gasteiger partial charge in [0.1, 0.15) is 17.2 Å². The average Bonchev–Trinajstić information content (AvgIpc) is 2.84. The van der Waals surface area contributed by atoms with Gasteiger partial charge >= 0.3 is 5.97 Å². The van der Waals surface area contributed by atoms with Gasteiger partial charge in [-0.15, -0.1) is 0 Å². The standard InChI is InChI=1S/C25H18F3NO6/c1-2-3-9-35-25(34)11-5-4-6-12(10-11)29-22-20(27)18-17(19(26)21(22)28)23(32)15-13(30)7-8-14(31)16(15)24(18)33/h4-8,10,29-31H,2-3,9H2,1H3. The SMILES string of the molecule is CCCCOC(=O)c1cccc(Nc2c(F)c(F)c3c(c2F)C(=O)c2c(O)ccc(O)c2C3=O)c1. The number of nitrogens with one attached hydrogen (secondary N) is 1. The molecule has 0 saturated heterocycles. The number of aromatic hydroxyl groups is 2. The predicted octanol–water partition coefficient (Wildman–Crippen LogP) is 4.99. The fourth-order valence-corrected chi connectivity index (χ4v) is 3.75. The highest BCUT2D eigenvalue weighted by Crippen LogP contribution is 2.42. The van der Waals surface area contributed by atoms with Crippen molar-refractivity contribution in [2.24, 2.45) is 0 Å². The zero-order valence-electron chi connectivity index (χ0n) is 18.2. The number of anilines is 2. The largest absolute Gasteiger partial charge is 0.507 e. The van der Waals surface area contributed by atoms with Gasteiger partial charge < -0.3 is 20.3 Å². The molecule has 3 aromatic carbocycles. The molecule has 1 aliphatic rings. The van der Waals surface area contributed by atoms with Crippen LogP contribution < -0.4 is 5.32 Å². The molecule has 0 amide bonds. The maximum Gasteiger partial charge on any atom is 0.338 e. The molecule has 180 valence electrons. The highest BCUT2D eigenvalue weighted by molar-refractivity contribution is 6.30. The zero-order valence-corrected chi connectivity index (χ0v) is 18.2. The van der Waals surface area contributed by atoms with E-state index in [0.717, 1.165) is 18.6 Å². The molecule has 1 aliphatic carbocycles. The van der Waals surface area contributed by atoms with Crippen molar-refractivity contribution < 1.29 is 42.5 Å². The van der Waals surface area contributed by atoms with Crippen LogP contribution in [0.1, 0.15) is 62.0 Å². The van der Waals surface area contributed by atoms with Crippen molar-refractivity contribution in [3.05, 3.63) is 81.7 Å². The lowest BCUT2D eigenvalue weighted by Crippen LogP contribution is -2.26. The molecule has 0 fully saturated rings. The summed E-state index contributed by atoms with van der Waals surface area (Å²) in [6, 6.07) is 7.17. The van der Waals surface area contributed by atoms with Crippen molar-refractivity contribution in [1.29, 1.82) is 0 Å². The smallest absolute Gasteiger partial charge is 0.338 e. The van der Waals surface area contributed by atoms with Crippen LogP contribution in [0.3, 0.4) is 0 Å². The molecule has 7 nitrogen and oxygen atoms in total. The Hall–Kier alpha value is -4.34. The van der Waals surface area contributed by atoms with Gasteiger partial charge in [0.25, 0.3) is 0 Å². The van der Waals surface area contributed by atoms with E-state index >= 15 is 4.39 Å². The molecule has 0 aliphatic heterocycles. The highest BCUT2D eigenvalue weighted by Gasteiger charge is 2.41. The molecule has 3 aromatic rings. The molecule has 0 atom stereocenters. The molecule has 4 rings (SSSR count). The number of carbonyl (C=O) groups is 3. The van der Waals surface area contributed by atoms with Crippen LogP contribution in [-0.2, 0) is 4.74 Å². The van der Waals surface area contributed by atoms with Crippen molar-refractivity contribution >= 4 is 28.9 Å². The number of benzene rings is 3. The summed E-state index contributed by atoms with van der Waals surface area (Å²) in [6.07, 6.45) is 1.46. The van der Waals surface area contributed by atoms with E-state index in [1.165, 1.54) is 24.3 Å². The first kappa shape index (κ1) is 23.8. The van der Waals surface area contributed by atoms with Crippen LogP contribution in [0, 0.1) is 17.5 Å². The number of ether oxygens (including phenoxy) is 1. The number of phenols is 2. The Bertz CT molecular complexity index is 1400. The lowest BCUT2D eigenvalue weighted by atomic mass is 9.82. The number of ketones is 2. The maximum absolute atomic E-state index is 15.4. The molecule has 0 saturated carbocycles. The number of hydrogen-bond acceptors (Lipinski definition) is 7. The third-order valence-electron chi connectivity index (χ3n) is 5.49. The Morgan fingerprint density at radius 3 is 2.09 bits per heavy atom. The van der Waals surface area contributed by atoms with Crippen LogP contribution in [0.15, 0.2) is 36.4 Å². The molecule has 0 aromatic heterocycles. The van der Waals surface area contributed by atoms with Crippen LogP contribution in [-0.4, -0.2) is 34.4 Å². The van der Waals surface area contributed by atoms with E-state index < -0.39 is 74.4 Å². The normalized spacial score (nSPS) is 12.2. The van der Waals surface area contributed by atoms with Gasteiger partial charge in [0.15, 0.2) is 17.5 Å². The van der Waals surface area contributed by atoms with Gasteiger partial charge in [-0.1, -0.05) is 19.4 Å². The number of phenolic OH excluding ortho intramolecular Hbond substituents is 2. The van der Waals surface area contributed by atoms with Crippen molar-refractivity contribution in [3.8, 4) is 11.5 Å². The number of halogens is 3. The first-order chi connectivity index (χ1) is 16.7. The first-order valence-corrected chi connectivity index (χ1v) is 10.6. The zero-order chi connectivity index (χ0) is 25.4. The number of fused-ring (bicyclic) bond motifs is 2. The molecule has 0 spiro atoms. The van der Waals surface area contributed by atoms with E-state index in [9.17, 15) is 33.4 Å². The minimum absolute atomic E-state index is 0.0254. The molecule has 0 radical (unpaired) electrons. The van der Waals surface area contributed by atoms with Gasteiger partial charge in [-0.25, -0.2) is 18.0 Å². The fourth-order valence-electron chi connectivity index (χ4n) is 3.75. The monoisotopic (exact) mass is 485 g/mol. The van der Waals surface area contributed by atoms with E-state index in [1.54, 1.807) is 0 Å². The van der Waals surface area contributed by atoms with Crippen LogP contribution in [0.25, 0.3) is 0 Å². The Kier molecular flexibility index (Phi) is 6.21. The van der Waals surface area contributed by atoms with Crippen LogP contribution in [0.4, 0.5) is 24.5 Å². The average molecular weight is 485 g/mol. The summed E-state index contributed by atoms with van der Waals surface area (Å²) < 4.78 is 50.4. The number of unbranched alkanes of at least 4 members (excludes halogenated alkanes) is 1. The number of rotatable bonds is 6. The molecule has 0 unspecified atom stereocenters. The first-order valence-electron chi connectivity index (χ1n) is 10.6. The molecule has 10 heteroatoms. The van der Waals surface area contributed by atoms with Crippen LogP contribution in [0.5, 0.6) is 11.5 Å². The second kappa shape index (κ2) is 9.13. The quantitative estimate of drug-likeness (QED) is 0.153. The minimum atomic E-state index is -1.81. The fraction of sp³-hybridized carbons (Fsp3) is 0.160. The van der Waals surface area contributed by atoms with E-state index in [2.05, 4.69) is 5.32 Å². The maximum atomic E-state index is 15.4. The van der Waals surface area contributed by atoms with Gasteiger partial charge in [-0.2, -0.15) is 0 Å². The van der Waals surface area contributed by atoms with E-state index in [0.29, 0.717) is 6.42 Å². The predicted molar refractivity (Wildman–Crippen MR) is 118 cm³/mol. The van der Waals surface area contributed by atoms with Crippen molar-refractivity contribution in [2.75, 3.05) is 11.9 Å².